The Morgan fingerprint density at radius 1 is 1.15 bits per heavy atom. The van der Waals surface area contributed by atoms with E-state index in [4.69, 9.17) is 4.99 Å². The third kappa shape index (κ3) is 4.06. The van der Waals surface area contributed by atoms with Gasteiger partial charge in [0.1, 0.15) is 5.75 Å². The van der Waals surface area contributed by atoms with Gasteiger partial charge >= 0.3 is 0 Å². The van der Waals surface area contributed by atoms with Crippen molar-refractivity contribution in [2.45, 2.75) is 38.1 Å². The molecule has 2 fully saturated rings. The summed E-state index contributed by atoms with van der Waals surface area (Å²) in [6.07, 6.45) is 10.9. The molecule has 138 valence electrons. The molecule has 0 unspecified atom stereocenters. The van der Waals surface area contributed by atoms with Crippen LogP contribution >= 0.6 is 11.8 Å². The van der Waals surface area contributed by atoms with E-state index in [1.165, 1.54) is 18.2 Å². The number of phenolic OH excluding ortho intramolecular Hbond substituents is 1. The number of amides is 1. The van der Waals surface area contributed by atoms with Gasteiger partial charge in [0.25, 0.3) is 5.91 Å². The van der Waals surface area contributed by atoms with Crippen LogP contribution in [0.1, 0.15) is 37.7 Å². The van der Waals surface area contributed by atoms with Crippen LogP contribution in [0, 0.1) is 0 Å². The first-order valence-electron chi connectivity index (χ1n) is 9.21. The Labute approximate surface area is 162 Å². The molecule has 0 atom stereocenters. The molecule has 2 aromatic rings. The first-order chi connectivity index (χ1) is 13.2. The molecule has 2 aliphatic rings. The molecule has 0 spiro atoms. The van der Waals surface area contributed by atoms with Crippen LogP contribution in [-0.2, 0) is 4.79 Å². The van der Waals surface area contributed by atoms with E-state index in [2.05, 4.69) is 4.98 Å². The van der Waals surface area contributed by atoms with Crippen molar-refractivity contribution < 1.29 is 9.90 Å². The number of amidine groups is 1. The average Bonchev–Trinajstić information content (AvgIpc) is 3.00. The molecular weight excluding hydrogens is 358 g/mol. The molecule has 1 amide bonds. The van der Waals surface area contributed by atoms with E-state index in [9.17, 15) is 9.90 Å². The van der Waals surface area contributed by atoms with Gasteiger partial charge in [0.15, 0.2) is 5.17 Å². The SMILES string of the molecule is O=C1/C(=C/c2ccc(O)cc2)SC(=Nc2cccnc2)N1C1CCCCC1. The summed E-state index contributed by atoms with van der Waals surface area (Å²) in [5.41, 5.74) is 1.63. The van der Waals surface area contributed by atoms with Gasteiger partial charge in [0.05, 0.1) is 16.8 Å². The number of benzene rings is 1. The van der Waals surface area contributed by atoms with Crippen molar-refractivity contribution >= 4 is 34.6 Å². The van der Waals surface area contributed by atoms with Gasteiger partial charge in [-0.25, -0.2) is 4.99 Å². The summed E-state index contributed by atoms with van der Waals surface area (Å²) in [5.74, 6) is 0.229. The lowest BCUT2D eigenvalue weighted by molar-refractivity contribution is -0.124. The molecule has 1 aromatic carbocycles. The first kappa shape index (κ1) is 17.8. The number of phenols is 1. The number of carbonyl (C=O) groups excluding carboxylic acids is 1. The lowest BCUT2D eigenvalue weighted by Crippen LogP contribution is -2.40. The van der Waals surface area contributed by atoms with E-state index in [1.807, 2.05) is 23.1 Å². The van der Waals surface area contributed by atoms with Gasteiger partial charge in [-0.05, 0) is 60.5 Å². The predicted molar refractivity (Wildman–Crippen MR) is 109 cm³/mol. The van der Waals surface area contributed by atoms with Crippen LogP contribution in [0.25, 0.3) is 6.08 Å². The highest BCUT2D eigenvalue weighted by atomic mass is 32.2. The summed E-state index contributed by atoms with van der Waals surface area (Å²) in [5, 5.41) is 10.2. The maximum atomic E-state index is 13.2. The van der Waals surface area contributed by atoms with Crippen LogP contribution in [0.15, 0.2) is 58.7 Å². The summed E-state index contributed by atoms with van der Waals surface area (Å²) in [6, 6.07) is 10.8. The molecule has 1 saturated carbocycles. The minimum Gasteiger partial charge on any atom is -0.508 e. The predicted octanol–water partition coefficient (Wildman–Crippen LogP) is 4.72. The highest BCUT2D eigenvalue weighted by Gasteiger charge is 2.38. The minimum atomic E-state index is 0.0163. The summed E-state index contributed by atoms with van der Waals surface area (Å²) < 4.78 is 0. The normalized spacial score (nSPS) is 21.3. The van der Waals surface area contributed by atoms with Crippen LogP contribution < -0.4 is 0 Å². The van der Waals surface area contributed by atoms with Gasteiger partial charge in [-0.15, -0.1) is 0 Å². The van der Waals surface area contributed by atoms with Crippen molar-refractivity contribution in [1.29, 1.82) is 0 Å². The number of aromatic hydroxyl groups is 1. The fourth-order valence-electron chi connectivity index (χ4n) is 3.48. The molecule has 0 bridgehead atoms. The molecule has 6 heteroatoms. The molecule has 1 aliphatic carbocycles. The van der Waals surface area contributed by atoms with Crippen LogP contribution in [0.4, 0.5) is 5.69 Å². The van der Waals surface area contributed by atoms with Crippen molar-refractivity contribution in [3.63, 3.8) is 0 Å². The largest absolute Gasteiger partial charge is 0.508 e. The fraction of sp³-hybridized carbons (Fsp3) is 0.286. The van der Waals surface area contributed by atoms with E-state index >= 15 is 0 Å². The Bertz CT molecular complexity index is 872. The molecule has 1 N–H and O–H groups in total. The Morgan fingerprint density at radius 2 is 1.93 bits per heavy atom. The van der Waals surface area contributed by atoms with Crippen molar-refractivity contribution in [2.24, 2.45) is 4.99 Å². The number of hydrogen-bond donors (Lipinski definition) is 1. The highest BCUT2D eigenvalue weighted by molar-refractivity contribution is 8.18. The van der Waals surface area contributed by atoms with E-state index in [1.54, 1.807) is 36.7 Å². The van der Waals surface area contributed by atoms with E-state index in [-0.39, 0.29) is 17.7 Å². The minimum absolute atomic E-state index is 0.0163. The summed E-state index contributed by atoms with van der Waals surface area (Å²) in [6.45, 7) is 0. The number of carbonyl (C=O) groups is 1. The van der Waals surface area contributed by atoms with Gasteiger partial charge in [0.2, 0.25) is 0 Å². The zero-order valence-corrected chi connectivity index (χ0v) is 15.7. The highest BCUT2D eigenvalue weighted by Crippen LogP contribution is 2.38. The van der Waals surface area contributed by atoms with Crippen LogP contribution in [0.3, 0.4) is 0 Å². The Morgan fingerprint density at radius 3 is 2.63 bits per heavy atom. The maximum Gasteiger partial charge on any atom is 0.267 e. The molecule has 2 heterocycles. The summed E-state index contributed by atoms with van der Waals surface area (Å²) in [7, 11) is 0. The number of thioether (sulfide) groups is 1. The zero-order valence-electron chi connectivity index (χ0n) is 14.9. The molecule has 0 radical (unpaired) electrons. The second-order valence-electron chi connectivity index (χ2n) is 6.77. The van der Waals surface area contributed by atoms with Crippen LogP contribution in [0.2, 0.25) is 0 Å². The fourth-order valence-corrected chi connectivity index (χ4v) is 4.54. The zero-order chi connectivity index (χ0) is 18.6. The van der Waals surface area contributed by atoms with Crippen molar-refractivity contribution in [1.82, 2.24) is 9.88 Å². The molecular formula is C21H21N3O2S. The van der Waals surface area contributed by atoms with E-state index in [0.29, 0.717) is 4.91 Å². The molecule has 1 aromatic heterocycles. The average molecular weight is 379 g/mol. The van der Waals surface area contributed by atoms with Gasteiger partial charge in [-0.1, -0.05) is 31.4 Å². The van der Waals surface area contributed by atoms with Gasteiger partial charge in [0, 0.05) is 12.2 Å². The molecule has 27 heavy (non-hydrogen) atoms. The van der Waals surface area contributed by atoms with Crippen LogP contribution in [-0.4, -0.2) is 32.1 Å². The lowest BCUT2D eigenvalue weighted by atomic mass is 9.94. The first-order valence-corrected chi connectivity index (χ1v) is 10.0. The quantitative estimate of drug-likeness (QED) is 0.784. The van der Waals surface area contributed by atoms with E-state index in [0.717, 1.165) is 42.1 Å². The van der Waals surface area contributed by atoms with Crippen molar-refractivity contribution in [3.8, 4) is 5.75 Å². The Balaban J connectivity index is 1.68. The smallest absolute Gasteiger partial charge is 0.267 e. The van der Waals surface area contributed by atoms with Crippen molar-refractivity contribution in [3.05, 3.63) is 59.3 Å². The number of nitrogens with zero attached hydrogens (tertiary/aromatic N) is 3. The number of pyridine rings is 1. The third-order valence-electron chi connectivity index (χ3n) is 4.84. The maximum absolute atomic E-state index is 13.2. The van der Waals surface area contributed by atoms with Crippen LogP contribution in [0.5, 0.6) is 5.75 Å². The van der Waals surface area contributed by atoms with Gasteiger partial charge < -0.3 is 5.11 Å². The molecule has 4 rings (SSSR count). The molecule has 1 saturated heterocycles. The number of aromatic nitrogens is 1. The number of hydrogen-bond acceptors (Lipinski definition) is 5. The number of rotatable bonds is 3. The lowest BCUT2D eigenvalue weighted by Gasteiger charge is -2.30. The Hall–Kier alpha value is -2.60. The van der Waals surface area contributed by atoms with E-state index < -0.39 is 0 Å². The van der Waals surface area contributed by atoms with Gasteiger partial charge in [-0.2, -0.15) is 0 Å². The molecule has 5 nitrogen and oxygen atoms in total. The summed E-state index contributed by atoms with van der Waals surface area (Å²) in [4.78, 5) is 24.5. The Kier molecular flexibility index (Phi) is 5.25. The van der Waals surface area contributed by atoms with Crippen molar-refractivity contribution in [2.75, 3.05) is 0 Å². The number of aliphatic imine (C=N–C) groups is 1. The second kappa shape index (κ2) is 7.96. The molecule has 1 aliphatic heterocycles. The third-order valence-corrected chi connectivity index (χ3v) is 5.82. The standard InChI is InChI=1S/C21H21N3O2S/c25-18-10-8-15(9-11-18)13-19-20(26)24(17-6-2-1-3-7-17)21(27-19)23-16-5-4-12-22-14-16/h4-5,8-14,17,25H,1-3,6-7H2/b19-13-,23-21?. The topological polar surface area (TPSA) is 65.8 Å². The van der Waals surface area contributed by atoms with Gasteiger partial charge in [-0.3, -0.25) is 14.7 Å². The summed E-state index contributed by atoms with van der Waals surface area (Å²) >= 11 is 1.41. The monoisotopic (exact) mass is 379 g/mol. The second-order valence-corrected chi connectivity index (χ2v) is 7.78.